The van der Waals surface area contributed by atoms with Gasteiger partial charge in [0.1, 0.15) is 11.7 Å². The molecule has 21 heavy (non-hydrogen) atoms. The van der Waals surface area contributed by atoms with Gasteiger partial charge < -0.3 is 4.74 Å². The third-order valence-corrected chi connectivity index (χ3v) is 4.46. The van der Waals surface area contributed by atoms with Crippen molar-refractivity contribution in [3.05, 3.63) is 28.8 Å². The second-order valence-corrected chi connectivity index (χ2v) is 6.04. The first-order valence-electron chi connectivity index (χ1n) is 7.41. The highest BCUT2D eigenvalue weighted by atomic mass is 35.5. The summed E-state index contributed by atoms with van der Waals surface area (Å²) in [6.45, 7) is 0. The summed E-state index contributed by atoms with van der Waals surface area (Å²) in [6, 6.07) is 7.16. The van der Waals surface area contributed by atoms with E-state index in [0.29, 0.717) is 28.7 Å². The molecule has 1 aliphatic carbocycles. The molecule has 2 rings (SSSR count). The molecule has 4 heteroatoms. The van der Waals surface area contributed by atoms with Crippen LogP contribution in [0.15, 0.2) is 18.2 Å². The summed E-state index contributed by atoms with van der Waals surface area (Å²) < 4.78 is 5.25. The van der Waals surface area contributed by atoms with Crippen LogP contribution in [0.3, 0.4) is 0 Å². The Morgan fingerprint density at radius 1 is 1.48 bits per heavy atom. The molecule has 1 saturated carbocycles. The summed E-state index contributed by atoms with van der Waals surface area (Å²) in [6.07, 6.45) is 6.31. The van der Waals surface area contributed by atoms with Gasteiger partial charge in [-0.2, -0.15) is 5.26 Å². The summed E-state index contributed by atoms with van der Waals surface area (Å²) >= 11 is 5.98. The van der Waals surface area contributed by atoms with E-state index in [2.05, 4.69) is 6.07 Å². The number of ketones is 1. The molecular formula is C17H20ClNO2. The standard InChI is InChI=1S/C17H20ClNO2/c1-21-17-9-7-13(18)10-14(17)15(11-19)16(20)8-6-12-4-2-3-5-12/h7,9-10,12,15H,2-6,8H2,1H3. The van der Waals surface area contributed by atoms with Gasteiger partial charge in [-0.3, -0.25) is 4.79 Å². The topological polar surface area (TPSA) is 50.1 Å². The van der Waals surface area contributed by atoms with E-state index >= 15 is 0 Å². The van der Waals surface area contributed by atoms with Gasteiger partial charge in [-0.15, -0.1) is 0 Å². The lowest BCUT2D eigenvalue weighted by atomic mass is 9.90. The van der Waals surface area contributed by atoms with Crippen LogP contribution in [0.4, 0.5) is 0 Å². The summed E-state index contributed by atoms with van der Waals surface area (Å²) in [5, 5.41) is 9.89. The number of nitrogens with zero attached hydrogens (tertiary/aromatic N) is 1. The number of rotatable bonds is 6. The molecule has 1 aliphatic rings. The van der Waals surface area contributed by atoms with Gasteiger partial charge in [-0.1, -0.05) is 37.3 Å². The van der Waals surface area contributed by atoms with E-state index in [9.17, 15) is 10.1 Å². The average molecular weight is 306 g/mol. The first kappa shape index (κ1) is 15.9. The number of carbonyl (C=O) groups is 1. The molecule has 0 heterocycles. The lowest BCUT2D eigenvalue weighted by molar-refractivity contribution is -0.119. The van der Waals surface area contributed by atoms with E-state index in [1.807, 2.05) is 0 Å². The number of methoxy groups -OCH3 is 1. The number of benzene rings is 1. The molecule has 1 atom stereocenters. The Morgan fingerprint density at radius 2 is 2.19 bits per heavy atom. The number of halogens is 1. The van der Waals surface area contributed by atoms with Gasteiger partial charge >= 0.3 is 0 Å². The highest BCUT2D eigenvalue weighted by Gasteiger charge is 2.25. The molecule has 1 aromatic carbocycles. The highest BCUT2D eigenvalue weighted by Crippen LogP contribution is 2.33. The van der Waals surface area contributed by atoms with E-state index in [-0.39, 0.29) is 5.78 Å². The van der Waals surface area contributed by atoms with Crippen molar-refractivity contribution in [2.24, 2.45) is 5.92 Å². The SMILES string of the molecule is COc1ccc(Cl)cc1C(C#N)C(=O)CCC1CCCC1. The molecule has 112 valence electrons. The number of Topliss-reactive ketones (excluding diaryl/α,β-unsaturated/α-hetero) is 1. The maximum atomic E-state index is 12.4. The normalized spacial score (nSPS) is 16.4. The number of hydrogen-bond acceptors (Lipinski definition) is 3. The van der Waals surface area contributed by atoms with Crippen molar-refractivity contribution >= 4 is 17.4 Å². The molecule has 3 nitrogen and oxygen atoms in total. The van der Waals surface area contributed by atoms with Crippen molar-refractivity contribution in [2.75, 3.05) is 7.11 Å². The fourth-order valence-electron chi connectivity index (χ4n) is 3.04. The lowest BCUT2D eigenvalue weighted by Crippen LogP contribution is -2.13. The minimum absolute atomic E-state index is 0.0371. The second-order valence-electron chi connectivity index (χ2n) is 5.60. The van der Waals surface area contributed by atoms with E-state index in [0.717, 1.165) is 6.42 Å². The van der Waals surface area contributed by atoms with Gasteiger partial charge in [0, 0.05) is 17.0 Å². The third kappa shape index (κ3) is 3.98. The molecule has 0 amide bonds. The maximum absolute atomic E-state index is 12.4. The number of ether oxygens (including phenoxy) is 1. The van der Waals surface area contributed by atoms with Crippen molar-refractivity contribution < 1.29 is 9.53 Å². The Balaban J connectivity index is 2.09. The van der Waals surface area contributed by atoms with Gasteiger partial charge in [-0.25, -0.2) is 0 Å². The van der Waals surface area contributed by atoms with Crippen LogP contribution in [-0.2, 0) is 4.79 Å². The molecule has 0 aliphatic heterocycles. The molecule has 0 spiro atoms. The highest BCUT2D eigenvalue weighted by molar-refractivity contribution is 6.30. The maximum Gasteiger partial charge on any atom is 0.154 e. The average Bonchev–Trinajstić information content (AvgIpc) is 2.99. The molecule has 0 bridgehead atoms. The van der Waals surface area contributed by atoms with Crippen LogP contribution in [0.2, 0.25) is 5.02 Å². The first-order chi connectivity index (χ1) is 10.2. The summed E-state index contributed by atoms with van der Waals surface area (Å²) in [5.41, 5.74) is 0.573. The van der Waals surface area contributed by atoms with Crippen LogP contribution in [0.25, 0.3) is 0 Å². The Morgan fingerprint density at radius 3 is 2.81 bits per heavy atom. The lowest BCUT2D eigenvalue weighted by Gasteiger charge is -2.14. The number of carbonyl (C=O) groups excluding carboxylic acids is 1. The van der Waals surface area contributed by atoms with E-state index in [1.54, 1.807) is 18.2 Å². The number of nitriles is 1. The van der Waals surface area contributed by atoms with Crippen LogP contribution >= 0.6 is 11.6 Å². The first-order valence-corrected chi connectivity index (χ1v) is 7.79. The van der Waals surface area contributed by atoms with Gasteiger partial charge in [0.15, 0.2) is 5.78 Å². The summed E-state index contributed by atoms with van der Waals surface area (Å²) in [5.74, 6) is 0.361. The quantitative estimate of drug-likeness (QED) is 0.777. The molecule has 1 fully saturated rings. The zero-order valence-corrected chi connectivity index (χ0v) is 13.0. The molecule has 1 aromatic rings. The monoisotopic (exact) mass is 305 g/mol. The predicted molar refractivity (Wildman–Crippen MR) is 82.6 cm³/mol. The van der Waals surface area contributed by atoms with Crippen molar-refractivity contribution in [3.63, 3.8) is 0 Å². The fourth-order valence-corrected chi connectivity index (χ4v) is 3.22. The van der Waals surface area contributed by atoms with E-state index in [1.165, 1.54) is 32.8 Å². The zero-order valence-electron chi connectivity index (χ0n) is 12.3. The smallest absolute Gasteiger partial charge is 0.154 e. The zero-order chi connectivity index (χ0) is 15.2. The predicted octanol–water partition coefficient (Wildman–Crippen LogP) is 4.50. The van der Waals surface area contributed by atoms with Gasteiger partial charge in [0.25, 0.3) is 0 Å². The Kier molecular flexibility index (Phi) is 5.64. The molecule has 0 aromatic heterocycles. The number of hydrogen-bond donors (Lipinski definition) is 0. The van der Waals surface area contributed by atoms with Crippen LogP contribution in [0.1, 0.15) is 50.0 Å². The Labute approximate surface area is 130 Å². The van der Waals surface area contributed by atoms with Gasteiger partial charge in [-0.05, 0) is 30.5 Å². The van der Waals surface area contributed by atoms with Crippen molar-refractivity contribution in [3.8, 4) is 11.8 Å². The molecule has 1 unspecified atom stereocenters. The van der Waals surface area contributed by atoms with E-state index < -0.39 is 5.92 Å². The third-order valence-electron chi connectivity index (χ3n) is 4.23. The van der Waals surface area contributed by atoms with Crippen molar-refractivity contribution in [1.82, 2.24) is 0 Å². The van der Waals surface area contributed by atoms with Gasteiger partial charge in [0.2, 0.25) is 0 Å². The van der Waals surface area contributed by atoms with Crippen LogP contribution < -0.4 is 4.74 Å². The Hall–Kier alpha value is -1.53. The van der Waals surface area contributed by atoms with Crippen molar-refractivity contribution in [1.29, 1.82) is 5.26 Å². The van der Waals surface area contributed by atoms with E-state index in [4.69, 9.17) is 16.3 Å². The second kappa shape index (κ2) is 7.47. The summed E-state index contributed by atoms with van der Waals surface area (Å²) in [4.78, 5) is 12.4. The molecule has 0 N–H and O–H groups in total. The summed E-state index contributed by atoms with van der Waals surface area (Å²) in [7, 11) is 1.53. The largest absolute Gasteiger partial charge is 0.496 e. The molecular weight excluding hydrogens is 286 g/mol. The van der Waals surface area contributed by atoms with Crippen molar-refractivity contribution in [2.45, 2.75) is 44.4 Å². The Bertz CT molecular complexity index is 544. The minimum atomic E-state index is -0.792. The fraction of sp³-hybridized carbons (Fsp3) is 0.529. The minimum Gasteiger partial charge on any atom is -0.496 e. The van der Waals surface area contributed by atoms with Crippen LogP contribution in [0, 0.1) is 17.2 Å². The van der Waals surface area contributed by atoms with Crippen LogP contribution in [0.5, 0.6) is 5.75 Å². The van der Waals surface area contributed by atoms with Gasteiger partial charge in [0.05, 0.1) is 13.2 Å². The van der Waals surface area contributed by atoms with Crippen LogP contribution in [-0.4, -0.2) is 12.9 Å². The molecule has 0 radical (unpaired) electrons. The molecule has 0 saturated heterocycles.